The fraction of sp³-hybridized carbons (Fsp3) is 0.529. The number of benzene rings is 1. The molecule has 1 saturated heterocycles. The quantitative estimate of drug-likeness (QED) is 0.760. The molecule has 0 bridgehead atoms. The van der Waals surface area contributed by atoms with Crippen molar-refractivity contribution in [3.8, 4) is 11.4 Å². The molecule has 2 heterocycles. The number of anilines is 1. The first-order chi connectivity index (χ1) is 12.7. The van der Waals surface area contributed by atoms with Crippen LogP contribution in [0.25, 0.3) is 5.69 Å². The molecule has 1 saturated carbocycles. The minimum atomic E-state index is -0.468. The Kier molecular flexibility index (Phi) is 5.93. The van der Waals surface area contributed by atoms with E-state index < -0.39 is 6.10 Å². The number of ether oxygens (including phenoxy) is 2. The average molecular weight is 395 g/mol. The summed E-state index contributed by atoms with van der Waals surface area (Å²) in [5.41, 5.74) is 6.95. The maximum Gasteiger partial charge on any atom is 0.253 e. The molecule has 0 spiro atoms. The van der Waals surface area contributed by atoms with Gasteiger partial charge in [0.1, 0.15) is 17.5 Å². The van der Waals surface area contributed by atoms with Crippen LogP contribution in [0.3, 0.4) is 0 Å². The van der Waals surface area contributed by atoms with Crippen molar-refractivity contribution in [2.75, 3.05) is 19.0 Å². The molecule has 4 rings (SSSR count). The number of halogens is 1. The highest BCUT2D eigenvalue weighted by molar-refractivity contribution is 5.94. The van der Waals surface area contributed by atoms with Crippen LogP contribution in [0.1, 0.15) is 37.4 Å². The van der Waals surface area contributed by atoms with Gasteiger partial charge in [0, 0.05) is 18.2 Å². The van der Waals surface area contributed by atoms with Gasteiger partial charge in [-0.2, -0.15) is 4.68 Å². The minimum absolute atomic E-state index is 0. The van der Waals surface area contributed by atoms with Gasteiger partial charge < -0.3 is 20.5 Å². The Morgan fingerprint density at radius 1 is 1.37 bits per heavy atom. The van der Waals surface area contributed by atoms with E-state index in [9.17, 15) is 4.79 Å². The number of nitrogens with two attached hydrogens (primary N) is 1. The number of carbonyl (C=O) groups is 1. The SMILES string of the molecule is COc1ccc(NC(=O)[C@@H]2CC[C@H](CN)O2)cc1-n1nnnc1C1CC1.Cl. The van der Waals surface area contributed by atoms with Crippen molar-refractivity contribution < 1.29 is 14.3 Å². The second-order valence-electron chi connectivity index (χ2n) is 6.66. The van der Waals surface area contributed by atoms with Crippen LogP contribution in [0.5, 0.6) is 5.75 Å². The third-order valence-electron chi connectivity index (χ3n) is 4.77. The van der Waals surface area contributed by atoms with Crippen LogP contribution >= 0.6 is 12.4 Å². The molecule has 146 valence electrons. The minimum Gasteiger partial charge on any atom is -0.494 e. The second-order valence-corrected chi connectivity index (χ2v) is 6.66. The lowest BCUT2D eigenvalue weighted by Gasteiger charge is -2.15. The van der Waals surface area contributed by atoms with Crippen LogP contribution in [0.4, 0.5) is 5.69 Å². The monoisotopic (exact) mass is 394 g/mol. The predicted octanol–water partition coefficient (Wildman–Crippen LogP) is 1.41. The Labute approximate surface area is 163 Å². The molecular weight excluding hydrogens is 372 g/mol. The Balaban J connectivity index is 0.00000210. The Morgan fingerprint density at radius 2 is 2.19 bits per heavy atom. The predicted molar refractivity (Wildman–Crippen MR) is 101 cm³/mol. The van der Waals surface area contributed by atoms with E-state index >= 15 is 0 Å². The molecule has 27 heavy (non-hydrogen) atoms. The highest BCUT2D eigenvalue weighted by Gasteiger charge is 2.32. The molecule has 1 aromatic heterocycles. The van der Waals surface area contributed by atoms with Gasteiger partial charge in [0.2, 0.25) is 0 Å². The number of amides is 1. The molecule has 10 heteroatoms. The van der Waals surface area contributed by atoms with E-state index in [1.165, 1.54) is 0 Å². The lowest BCUT2D eigenvalue weighted by atomic mass is 10.2. The van der Waals surface area contributed by atoms with Gasteiger partial charge in [0.15, 0.2) is 5.82 Å². The van der Waals surface area contributed by atoms with Crippen molar-refractivity contribution in [1.29, 1.82) is 0 Å². The summed E-state index contributed by atoms with van der Waals surface area (Å²) < 4.78 is 12.8. The summed E-state index contributed by atoms with van der Waals surface area (Å²) in [6, 6.07) is 5.40. The fourth-order valence-corrected chi connectivity index (χ4v) is 3.19. The van der Waals surface area contributed by atoms with Crippen LogP contribution in [0, 0.1) is 0 Å². The molecule has 0 radical (unpaired) electrons. The molecule has 2 aliphatic rings. The van der Waals surface area contributed by atoms with Crippen molar-refractivity contribution in [2.45, 2.75) is 43.8 Å². The van der Waals surface area contributed by atoms with Crippen LogP contribution in [-0.4, -0.2) is 52.0 Å². The van der Waals surface area contributed by atoms with Crippen LogP contribution in [0.2, 0.25) is 0 Å². The number of tetrazole rings is 1. The third-order valence-corrected chi connectivity index (χ3v) is 4.77. The van der Waals surface area contributed by atoms with Crippen molar-refractivity contribution in [2.24, 2.45) is 5.73 Å². The Bertz CT molecular complexity index is 810. The summed E-state index contributed by atoms with van der Waals surface area (Å²) in [4.78, 5) is 12.5. The number of hydrogen-bond donors (Lipinski definition) is 2. The van der Waals surface area contributed by atoms with Gasteiger partial charge in [-0.3, -0.25) is 4.79 Å². The van der Waals surface area contributed by atoms with E-state index in [-0.39, 0.29) is 24.4 Å². The van der Waals surface area contributed by atoms with Crippen LogP contribution in [0.15, 0.2) is 18.2 Å². The molecule has 9 nitrogen and oxygen atoms in total. The van der Waals surface area contributed by atoms with Gasteiger partial charge in [-0.15, -0.1) is 17.5 Å². The number of rotatable bonds is 6. The summed E-state index contributed by atoms with van der Waals surface area (Å²) in [6.07, 6.45) is 3.14. The zero-order valence-corrected chi connectivity index (χ0v) is 15.8. The lowest BCUT2D eigenvalue weighted by molar-refractivity contribution is -0.126. The summed E-state index contributed by atoms with van der Waals surface area (Å²) in [5.74, 6) is 1.67. The number of aromatic nitrogens is 4. The average Bonchev–Trinajstić information content (AvgIpc) is 3.20. The Hall–Kier alpha value is -2.23. The molecule has 1 aliphatic carbocycles. The van der Waals surface area contributed by atoms with Crippen molar-refractivity contribution in [3.05, 3.63) is 24.0 Å². The first-order valence-corrected chi connectivity index (χ1v) is 8.82. The first-order valence-electron chi connectivity index (χ1n) is 8.82. The zero-order chi connectivity index (χ0) is 18.1. The van der Waals surface area contributed by atoms with Crippen molar-refractivity contribution >= 4 is 24.0 Å². The summed E-state index contributed by atoms with van der Waals surface area (Å²) in [7, 11) is 1.59. The third kappa shape index (κ3) is 4.05. The molecule has 1 aliphatic heterocycles. The molecule has 2 atom stereocenters. The van der Waals surface area contributed by atoms with E-state index in [4.69, 9.17) is 15.2 Å². The van der Waals surface area contributed by atoms with E-state index in [1.54, 1.807) is 23.9 Å². The first kappa shape index (κ1) is 19.5. The summed E-state index contributed by atoms with van der Waals surface area (Å²) >= 11 is 0. The zero-order valence-electron chi connectivity index (χ0n) is 15.0. The molecule has 0 unspecified atom stereocenters. The number of hydrogen-bond acceptors (Lipinski definition) is 7. The van der Waals surface area contributed by atoms with Crippen molar-refractivity contribution in [1.82, 2.24) is 20.2 Å². The van der Waals surface area contributed by atoms with Gasteiger partial charge in [-0.25, -0.2) is 0 Å². The smallest absolute Gasteiger partial charge is 0.253 e. The van der Waals surface area contributed by atoms with Crippen LogP contribution < -0.4 is 15.8 Å². The fourth-order valence-electron chi connectivity index (χ4n) is 3.19. The number of methoxy groups -OCH3 is 1. The van der Waals surface area contributed by atoms with E-state index in [0.29, 0.717) is 36.0 Å². The molecule has 1 aromatic carbocycles. The normalized spacial score (nSPS) is 21.6. The van der Waals surface area contributed by atoms with Crippen molar-refractivity contribution in [3.63, 3.8) is 0 Å². The molecular formula is C17H23ClN6O3. The molecule has 1 amide bonds. The largest absolute Gasteiger partial charge is 0.494 e. The van der Waals surface area contributed by atoms with E-state index in [1.807, 2.05) is 6.07 Å². The number of carbonyl (C=O) groups excluding carboxylic acids is 1. The molecule has 2 aromatic rings. The number of nitrogens with one attached hydrogen (secondary N) is 1. The van der Waals surface area contributed by atoms with E-state index in [2.05, 4.69) is 20.8 Å². The summed E-state index contributed by atoms with van der Waals surface area (Å²) in [6.45, 7) is 0.430. The lowest BCUT2D eigenvalue weighted by Crippen LogP contribution is -2.29. The Morgan fingerprint density at radius 3 is 2.85 bits per heavy atom. The maximum atomic E-state index is 12.5. The topological polar surface area (TPSA) is 117 Å². The van der Waals surface area contributed by atoms with Gasteiger partial charge in [-0.05, 0) is 54.3 Å². The second kappa shape index (κ2) is 8.20. The number of nitrogens with zero attached hydrogens (tertiary/aromatic N) is 4. The maximum absolute atomic E-state index is 12.5. The highest BCUT2D eigenvalue weighted by atomic mass is 35.5. The molecule has 2 fully saturated rings. The van der Waals surface area contributed by atoms with E-state index in [0.717, 1.165) is 25.1 Å². The van der Waals surface area contributed by atoms with Crippen LogP contribution in [-0.2, 0) is 9.53 Å². The van der Waals surface area contributed by atoms with Gasteiger partial charge in [0.05, 0.1) is 13.2 Å². The standard InChI is InChI=1S/C17H22N6O3.ClH/c1-25-14-6-4-11(19-17(24)15-7-5-12(9-18)26-15)8-13(14)23-16(10-2-3-10)20-21-22-23;/h4,6,8,10,12,15H,2-3,5,7,9,18H2,1H3,(H,19,24);1H/t12-,15+;/m1./s1. The molecule has 3 N–H and O–H groups in total. The van der Waals surface area contributed by atoms with Gasteiger partial charge in [-0.1, -0.05) is 0 Å². The van der Waals surface area contributed by atoms with Gasteiger partial charge >= 0.3 is 0 Å². The van der Waals surface area contributed by atoms with Gasteiger partial charge in [0.25, 0.3) is 5.91 Å². The highest BCUT2D eigenvalue weighted by Crippen LogP contribution is 2.40. The summed E-state index contributed by atoms with van der Waals surface area (Å²) in [5, 5.41) is 14.9.